The van der Waals surface area contributed by atoms with Crippen molar-refractivity contribution >= 4 is 15.9 Å². The van der Waals surface area contributed by atoms with E-state index in [9.17, 15) is 5.26 Å². The molecule has 1 aromatic carbocycles. The van der Waals surface area contributed by atoms with Crippen LogP contribution in [0.5, 0.6) is 11.5 Å². The Kier molecular flexibility index (Phi) is 5.96. The molecule has 1 atom stereocenters. The number of nitriles is 1. The minimum absolute atomic E-state index is 0.362. The second kappa shape index (κ2) is 7.24. The number of halogens is 1. The van der Waals surface area contributed by atoms with Crippen molar-refractivity contribution in [1.29, 1.82) is 5.26 Å². The van der Waals surface area contributed by atoms with Crippen molar-refractivity contribution in [3.05, 3.63) is 22.2 Å². The molecule has 0 amide bonds. The topological polar surface area (TPSA) is 54.3 Å². The second-order valence-electron chi connectivity index (χ2n) is 3.74. The summed E-state index contributed by atoms with van der Waals surface area (Å²) >= 11 is 3.46. The first-order chi connectivity index (χ1) is 8.67. The number of nitrogens with one attached hydrogen (secondary N) is 1. The monoisotopic (exact) mass is 312 g/mol. The van der Waals surface area contributed by atoms with Crippen molar-refractivity contribution < 1.29 is 9.47 Å². The molecule has 1 aromatic rings. The molecule has 0 fully saturated rings. The molecule has 0 saturated heterocycles. The zero-order valence-corrected chi connectivity index (χ0v) is 12.4. The van der Waals surface area contributed by atoms with Crippen LogP contribution in [-0.2, 0) is 0 Å². The van der Waals surface area contributed by atoms with E-state index >= 15 is 0 Å². The molecule has 4 nitrogen and oxygen atoms in total. The van der Waals surface area contributed by atoms with E-state index in [1.807, 2.05) is 12.1 Å². The summed E-state index contributed by atoms with van der Waals surface area (Å²) in [5.74, 6) is 1.26. The largest absolute Gasteiger partial charge is 0.493 e. The van der Waals surface area contributed by atoms with E-state index < -0.39 is 0 Å². The van der Waals surface area contributed by atoms with E-state index in [0.29, 0.717) is 11.5 Å². The maximum absolute atomic E-state index is 9.22. The van der Waals surface area contributed by atoms with Gasteiger partial charge in [0.15, 0.2) is 11.5 Å². The Labute approximate surface area is 116 Å². The zero-order valence-electron chi connectivity index (χ0n) is 10.8. The zero-order chi connectivity index (χ0) is 13.5. The Balaban J connectivity index is 3.11. The maximum atomic E-state index is 9.22. The molecule has 18 heavy (non-hydrogen) atoms. The average Bonchev–Trinajstić information content (AvgIpc) is 2.40. The van der Waals surface area contributed by atoms with Crippen LogP contribution < -0.4 is 14.8 Å². The van der Waals surface area contributed by atoms with Crippen molar-refractivity contribution in [2.75, 3.05) is 20.8 Å². The van der Waals surface area contributed by atoms with Gasteiger partial charge in [-0.3, -0.25) is 5.32 Å². The van der Waals surface area contributed by atoms with Gasteiger partial charge in [0, 0.05) is 10.0 Å². The van der Waals surface area contributed by atoms with E-state index in [4.69, 9.17) is 9.47 Å². The first kappa shape index (κ1) is 14.8. The molecule has 0 aliphatic rings. The van der Waals surface area contributed by atoms with Gasteiger partial charge in [-0.2, -0.15) is 5.26 Å². The molecular formula is C13H17BrN2O2. The van der Waals surface area contributed by atoms with Crippen LogP contribution in [0.3, 0.4) is 0 Å². The fourth-order valence-corrected chi connectivity index (χ4v) is 2.16. The highest BCUT2D eigenvalue weighted by atomic mass is 79.9. The minimum atomic E-state index is -0.362. The number of rotatable bonds is 6. The third kappa shape index (κ3) is 3.37. The Morgan fingerprint density at radius 2 is 1.94 bits per heavy atom. The highest BCUT2D eigenvalue weighted by molar-refractivity contribution is 9.10. The van der Waals surface area contributed by atoms with E-state index in [1.54, 1.807) is 14.2 Å². The Bertz CT molecular complexity index is 443. The number of methoxy groups -OCH3 is 2. The molecule has 0 saturated carbocycles. The fourth-order valence-electron chi connectivity index (χ4n) is 1.60. The summed E-state index contributed by atoms with van der Waals surface area (Å²) in [5.41, 5.74) is 0.851. The first-order valence-electron chi connectivity index (χ1n) is 5.72. The number of hydrogen-bond acceptors (Lipinski definition) is 4. The molecule has 0 aliphatic carbocycles. The summed E-state index contributed by atoms with van der Waals surface area (Å²) in [4.78, 5) is 0. The predicted molar refractivity (Wildman–Crippen MR) is 73.9 cm³/mol. The molecule has 1 unspecified atom stereocenters. The lowest BCUT2D eigenvalue weighted by Crippen LogP contribution is -2.21. The summed E-state index contributed by atoms with van der Waals surface area (Å²) in [5, 5.41) is 12.4. The van der Waals surface area contributed by atoms with Gasteiger partial charge in [-0.1, -0.05) is 22.9 Å². The average molecular weight is 313 g/mol. The van der Waals surface area contributed by atoms with Gasteiger partial charge in [-0.25, -0.2) is 0 Å². The molecule has 5 heteroatoms. The molecule has 0 spiro atoms. The van der Waals surface area contributed by atoms with Crippen molar-refractivity contribution in [2.24, 2.45) is 0 Å². The summed E-state index contributed by atoms with van der Waals surface area (Å²) < 4.78 is 11.3. The van der Waals surface area contributed by atoms with Crippen molar-refractivity contribution in [3.63, 3.8) is 0 Å². The molecule has 0 radical (unpaired) electrons. The lowest BCUT2D eigenvalue weighted by Gasteiger charge is -2.16. The Morgan fingerprint density at radius 3 is 2.44 bits per heavy atom. The van der Waals surface area contributed by atoms with Crippen LogP contribution in [0.1, 0.15) is 24.9 Å². The van der Waals surface area contributed by atoms with Crippen LogP contribution in [-0.4, -0.2) is 20.8 Å². The van der Waals surface area contributed by atoms with Crippen LogP contribution in [0.25, 0.3) is 0 Å². The Morgan fingerprint density at radius 1 is 1.33 bits per heavy atom. The highest BCUT2D eigenvalue weighted by Gasteiger charge is 2.17. The number of ether oxygens (including phenoxy) is 2. The lowest BCUT2D eigenvalue weighted by atomic mass is 10.1. The van der Waals surface area contributed by atoms with Gasteiger partial charge in [0.1, 0.15) is 6.04 Å². The molecule has 0 bridgehead atoms. The minimum Gasteiger partial charge on any atom is -0.493 e. The smallest absolute Gasteiger partial charge is 0.161 e. The summed E-state index contributed by atoms with van der Waals surface area (Å²) in [6, 6.07) is 5.51. The van der Waals surface area contributed by atoms with Crippen molar-refractivity contribution in [2.45, 2.75) is 19.4 Å². The molecule has 0 aliphatic heterocycles. The third-order valence-electron chi connectivity index (χ3n) is 2.54. The first-order valence-corrected chi connectivity index (χ1v) is 6.51. The quantitative estimate of drug-likeness (QED) is 0.877. The van der Waals surface area contributed by atoms with Gasteiger partial charge in [-0.15, -0.1) is 0 Å². The second-order valence-corrected chi connectivity index (χ2v) is 4.60. The maximum Gasteiger partial charge on any atom is 0.161 e. The summed E-state index contributed by atoms with van der Waals surface area (Å²) in [7, 11) is 3.16. The molecular weight excluding hydrogens is 296 g/mol. The summed E-state index contributed by atoms with van der Waals surface area (Å²) in [6.07, 6.45) is 0.975. The molecule has 0 heterocycles. The van der Waals surface area contributed by atoms with Crippen LogP contribution in [0.2, 0.25) is 0 Å². The van der Waals surface area contributed by atoms with E-state index in [0.717, 1.165) is 23.0 Å². The number of benzene rings is 1. The predicted octanol–water partition coefficient (Wildman–Crippen LogP) is 3.03. The van der Waals surface area contributed by atoms with Gasteiger partial charge < -0.3 is 9.47 Å². The molecule has 1 N–H and O–H groups in total. The highest BCUT2D eigenvalue weighted by Crippen LogP contribution is 2.35. The number of hydrogen-bond donors (Lipinski definition) is 1. The van der Waals surface area contributed by atoms with Crippen LogP contribution in [0.4, 0.5) is 0 Å². The van der Waals surface area contributed by atoms with Gasteiger partial charge in [0.05, 0.1) is 20.3 Å². The molecule has 0 aromatic heterocycles. The third-order valence-corrected chi connectivity index (χ3v) is 3.23. The van der Waals surface area contributed by atoms with Crippen LogP contribution in [0, 0.1) is 11.3 Å². The fraction of sp³-hybridized carbons (Fsp3) is 0.462. The van der Waals surface area contributed by atoms with Gasteiger partial charge in [0.25, 0.3) is 0 Å². The Hall–Kier alpha value is -1.25. The normalized spacial score (nSPS) is 11.7. The molecule has 98 valence electrons. The van der Waals surface area contributed by atoms with Crippen LogP contribution >= 0.6 is 15.9 Å². The number of nitrogens with zero attached hydrogens (tertiary/aromatic N) is 1. The summed E-state index contributed by atoms with van der Waals surface area (Å²) in [6.45, 7) is 2.85. The van der Waals surface area contributed by atoms with Gasteiger partial charge in [0.2, 0.25) is 0 Å². The van der Waals surface area contributed by atoms with E-state index in [2.05, 4.69) is 34.2 Å². The molecule has 1 rings (SSSR count). The van der Waals surface area contributed by atoms with Gasteiger partial charge in [-0.05, 0) is 25.1 Å². The SMILES string of the molecule is CCCNC(C#N)c1cc(OC)c(OC)cc1Br. The lowest BCUT2D eigenvalue weighted by molar-refractivity contribution is 0.354. The van der Waals surface area contributed by atoms with E-state index in [-0.39, 0.29) is 6.04 Å². The van der Waals surface area contributed by atoms with Gasteiger partial charge >= 0.3 is 0 Å². The van der Waals surface area contributed by atoms with E-state index in [1.165, 1.54) is 0 Å². The van der Waals surface area contributed by atoms with Crippen molar-refractivity contribution in [3.8, 4) is 17.6 Å². The standard InChI is InChI=1S/C13H17BrN2O2/c1-4-5-16-11(8-15)9-6-12(17-2)13(18-3)7-10(9)14/h6-7,11,16H,4-5H2,1-3H3. The van der Waals surface area contributed by atoms with Crippen molar-refractivity contribution in [1.82, 2.24) is 5.32 Å². The van der Waals surface area contributed by atoms with Crippen LogP contribution in [0.15, 0.2) is 16.6 Å².